The van der Waals surface area contributed by atoms with Crippen LogP contribution in [0.5, 0.6) is 0 Å². The van der Waals surface area contributed by atoms with Crippen molar-refractivity contribution in [2.24, 2.45) is 7.05 Å². The first-order valence-corrected chi connectivity index (χ1v) is 12.9. The number of nitrogens with zero attached hydrogens (tertiary/aromatic N) is 6. The van der Waals surface area contributed by atoms with Crippen molar-refractivity contribution in [1.82, 2.24) is 29.2 Å². The number of amides is 1. The fourth-order valence-corrected chi connectivity index (χ4v) is 5.83. The Morgan fingerprint density at radius 1 is 1.10 bits per heavy atom. The topological polar surface area (TPSA) is 78.1 Å². The molecule has 2 aliphatic rings. The lowest BCUT2D eigenvalue weighted by molar-refractivity contribution is -0.135. The van der Waals surface area contributed by atoms with E-state index in [-0.39, 0.29) is 34.7 Å². The van der Waals surface area contributed by atoms with Crippen molar-refractivity contribution < 1.29 is 22.7 Å². The summed E-state index contributed by atoms with van der Waals surface area (Å²) in [5.74, 6) is 0.0311. The Bertz CT molecular complexity index is 1600. The van der Waals surface area contributed by atoms with Gasteiger partial charge in [-0.25, -0.2) is 23.1 Å². The van der Waals surface area contributed by atoms with Crippen LogP contribution in [0.25, 0.3) is 33.5 Å². The van der Waals surface area contributed by atoms with Crippen LogP contribution in [0, 0.1) is 5.82 Å². The second kappa shape index (κ2) is 9.18. The maximum Gasteiger partial charge on any atom is 0.266 e. The minimum atomic E-state index is -2.86. The van der Waals surface area contributed by atoms with Gasteiger partial charge in [-0.2, -0.15) is 5.10 Å². The minimum Gasteiger partial charge on any atom is -0.381 e. The standard InChI is InChI=1S/C28H29F3N6O2/c1-15-26(38)35(3)14-21-24(33-27(37(15)21)28(2)8-11-39-12-9-28)22-16-13-17(25(30)31)23(20-7-10-36(4)34-20)32-19(16)6-5-18(22)29/h5-7,10,13,15,25H,8-9,11-12,14H2,1-4H3/t15-/m1/s1. The molecule has 2 aliphatic heterocycles. The summed E-state index contributed by atoms with van der Waals surface area (Å²) in [6.45, 7) is 5.22. The van der Waals surface area contributed by atoms with Gasteiger partial charge in [0.1, 0.15) is 29.1 Å². The van der Waals surface area contributed by atoms with Crippen LogP contribution in [-0.2, 0) is 28.5 Å². The van der Waals surface area contributed by atoms with Gasteiger partial charge in [0, 0.05) is 55.4 Å². The van der Waals surface area contributed by atoms with Crippen molar-refractivity contribution in [2.45, 2.75) is 51.1 Å². The predicted octanol–water partition coefficient (Wildman–Crippen LogP) is 5.18. The van der Waals surface area contributed by atoms with Crippen molar-refractivity contribution >= 4 is 16.8 Å². The van der Waals surface area contributed by atoms with Crippen LogP contribution in [0.4, 0.5) is 13.2 Å². The third kappa shape index (κ3) is 4.02. The van der Waals surface area contributed by atoms with Crippen LogP contribution >= 0.6 is 0 Å². The van der Waals surface area contributed by atoms with Crippen LogP contribution in [0.2, 0.25) is 0 Å². The number of ether oxygens (including phenoxy) is 1. The number of pyridine rings is 1. The van der Waals surface area contributed by atoms with Gasteiger partial charge in [-0.05, 0) is 44.0 Å². The summed E-state index contributed by atoms with van der Waals surface area (Å²) in [5, 5.41) is 4.49. The summed E-state index contributed by atoms with van der Waals surface area (Å²) in [6.07, 6.45) is 0.192. The number of rotatable bonds is 4. The number of hydrogen-bond acceptors (Lipinski definition) is 5. The Morgan fingerprint density at radius 3 is 2.51 bits per heavy atom. The molecule has 0 bridgehead atoms. The molecule has 0 saturated carbocycles. The lowest BCUT2D eigenvalue weighted by atomic mass is 9.81. The van der Waals surface area contributed by atoms with E-state index in [1.807, 2.05) is 11.5 Å². The highest BCUT2D eigenvalue weighted by Crippen LogP contribution is 2.43. The number of carbonyl (C=O) groups is 1. The Balaban J connectivity index is 1.64. The molecule has 4 aromatic rings. The average molecular weight is 539 g/mol. The first-order valence-electron chi connectivity index (χ1n) is 12.9. The molecule has 0 spiro atoms. The van der Waals surface area contributed by atoms with Crippen molar-refractivity contribution in [3.8, 4) is 22.6 Å². The van der Waals surface area contributed by atoms with Gasteiger partial charge >= 0.3 is 0 Å². The Morgan fingerprint density at radius 2 is 1.85 bits per heavy atom. The first kappa shape index (κ1) is 25.5. The average Bonchev–Trinajstić information content (AvgIpc) is 3.51. The molecule has 39 heavy (non-hydrogen) atoms. The van der Waals surface area contributed by atoms with E-state index in [0.29, 0.717) is 54.5 Å². The van der Waals surface area contributed by atoms with Crippen molar-refractivity contribution in [1.29, 1.82) is 0 Å². The molecule has 3 aromatic heterocycles. The number of imidazole rings is 1. The fourth-order valence-electron chi connectivity index (χ4n) is 5.83. The van der Waals surface area contributed by atoms with Gasteiger partial charge in [0.15, 0.2) is 0 Å². The third-order valence-electron chi connectivity index (χ3n) is 8.06. The van der Waals surface area contributed by atoms with E-state index in [1.165, 1.54) is 22.9 Å². The number of alkyl halides is 2. The number of aromatic nitrogens is 5. The summed E-state index contributed by atoms with van der Waals surface area (Å²) in [6, 6.07) is 5.15. The second-order valence-electron chi connectivity index (χ2n) is 10.7. The second-order valence-corrected chi connectivity index (χ2v) is 10.7. The molecule has 1 fully saturated rings. The largest absolute Gasteiger partial charge is 0.381 e. The highest BCUT2D eigenvalue weighted by Gasteiger charge is 2.41. The summed E-state index contributed by atoms with van der Waals surface area (Å²) in [7, 11) is 3.39. The van der Waals surface area contributed by atoms with Gasteiger partial charge in [-0.3, -0.25) is 9.48 Å². The summed E-state index contributed by atoms with van der Waals surface area (Å²) in [5.41, 5.74) is 1.11. The highest BCUT2D eigenvalue weighted by molar-refractivity contribution is 5.97. The maximum absolute atomic E-state index is 15.8. The van der Waals surface area contributed by atoms with E-state index in [1.54, 1.807) is 31.3 Å². The highest BCUT2D eigenvalue weighted by atomic mass is 19.3. The van der Waals surface area contributed by atoms with Gasteiger partial charge in [-0.15, -0.1) is 0 Å². The van der Waals surface area contributed by atoms with Gasteiger partial charge in [0.25, 0.3) is 6.43 Å². The molecule has 1 atom stereocenters. The van der Waals surface area contributed by atoms with E-state index in [4.69, 9.17) is 9.72 Å². The number of fused-ring (bicyclic) bond motifs is 2. The molecule has 0 unspecified atom stereocenters. The summed E-state index contributed by atoms with van der Waals surface area (Å²) >= 11 is 0. The van der Waals surface area contributed by atoms with Gasteiger partial charge < -0.3 is 14.2 Å². The zero-order chi connectivity index (χ0) is 27.6. The number of benzene rings is 1. The Kier molecular flexibility index (Phi) is 6.01. The van der Waals surface area contributed by atoms with E-state index in [2.05, 4.69) is 17.0 Å². The molecule has 204 valence electrons. The van der Waals surface area contributed by atoms with E-state index in [0.717, 1.165) is 0 Å². The molecule has 0 radical (unpaired) electrons. The van der Waals surface area contributed by atoms with Crippen LogP contribution in [0.1, 0.15) is 56.2 Å². The SMILES string of the molecule is C[C@@H]1C(=O)N(C)Cc2c(-c3c(F)ccc4nc(-c5ccn(C)n5)c(C(F)F)cc34)nc(C3(C)CCOCC3)n21. The fraction of sp³-hybridized carbons (Fsp3) is 0.429. The van der Waals surface area contributed by atoms with Crippen molar-refractivity contribution in [3.05, 3.63) is 53.4 Å². The van der Waals surface area contributed by atoms with Crippen LogP contribution in [0.15, 0.2) is 30.5 Å². The molecular weight excluding hydrogens is 509 g/mol. The molecule has 0 N–H and O–H groups in total. The molecule has 5 heterocycles. The van der Waals surface area contributed by atoms with E-state index in [9.17, 15) is 13.6 Å². The van der Waals surface area contributed by atoms with Crippen molar-refractivity contribution in [3.63, 3.8) is 0 Å². The molecular formula is C28H29F3N6O2. The maximum atomic E-state index is 15.8. The number of aryl methyl sites for hydroxylation is 1. The lowest BCUT2D eigenvalue weighted by Gasteiger charge is -2.37. The smallest absolute Gasteiger partial charge is 0.266 e. The van der Waals surface area contributed by atoms with Crippen LogP contribution in [-0.4, -0.2) is 55.4 Å². The van der Waals surface area contributed by atoms with Gasteiger partial charge in [-0.1, -0.05) is 6.92 Å². The van der Waals surface area contributed by atoms with Crippen molar-refractivity contribution in [2.75, 3.05) is 20.3 Å². The Labute approximate surface area is 223 Å². The number of hydrogen-bond donors (Lipinski definition) is 0. The number of likely N-dealkylation sites (N-methyl/N-ethyl adjacent to an activating group) is 1. The number of carbonyl (C=O) groups excluding carboxylic acids is 1. The van der Waals surface area contributed by atoms with Gasteiger partial charge in [0.05, 0.1) is 23.4 Å². The zero-order valence-electron chi connectivity index (χ0n) is 22.2. The third-order valence-corrected chi connectivity index (χ3v) is 8.06. The molecule has 8 nitrogen and oxygen atoms in total. The molecule has 11 heteroatoms. The molecule has 1 amide bonds. The minimum absolute atomic E-state index is 0.0527. The first-order chi connectivity index (χ1) is 18.6. The number of halogens is 3. The van der Waals surface area contributed by atoms with Crippen LogP contribution in [0.3, 0.4) is 0 Å². The Hall–Kier alpha value is -3.73. The normalized spacial score (nSPS) is 19.2. The monoisotopic (exact) mass is 538 g/mol. The van der Waals surface area contributed by atoms with Crippen LogP contribution < -0.4 is 0 Å². The lowest BCUT2D eigenvalue weighted by Crippen LogP contribution is -2.42. The van der Waals surface area contributed by atoms with E-state index >= 15 is 4.39 Å². The van der Waals surface area contributed by atoms with E-state index < -0.39 is 23.7 Å². The molecule has 1 aromatic carbocycles. The zero-order valence-corrected chi connectivity index (χ0v) is 22.2. The quantitative estimate of drug-likeness (QED) is 0.358. The predicted molar refractivity (Wildman–Crippen MR) is 139 cm³/mol. The molecule has 6 rings (SSSR count). The molecule has 1 saturated heterocycles. The summed E-state index contributed by atoms with van der Waals surface area (Å²) < 4.78 is 53.5. The van der Waals surface area contributed by atoms with Gasteiger partial charge in [0.2, 0.25) is 5.91 Å². The molecule has 0 aliphatic carbocycles. The summed E-state index contributed by atoms with van der Waals surface area (Å²) in [4.78, 5) is 24.2.